The molecule has 0 unspecified atom stereocenters. The van der Waals surface area contributed by atoms with Crippen LogP contribution in [0.25, 0.3) is 49.5 Å². The number of para-hydroxylation sites is 3. The molecule has 0 fully saturated rings. The average Bonchev–Trinajstić information content (AvgIpc) is 3.81. The molecule has 1 aliphatic carbocycles. The van der Waals surface area contributed by atoms with E-state index in [4.69, 9.17) is 0 Å². The van der Waals surface area contributed by atoms with Crippen molar-refractivity contribution in [3.63, 3.8) is 0 Å². The maximum atomic E-state index is 4.48. The molecular weight excluding hydrogens is 781 g/mol. The van der Waals surface area contributed by atoms with E-state index in [0.29, 0.717) is 0 Å². The lowest BCUT2D eigenvalue weighted by Gasteiger charge is -2.40. The third-order valence-electron chi connectivity index (χ3n) is 13.1. The Morgan fingerprint density at radius 1 is 0.492 bits per heavy atom. The number of aryl methyl sites for hydroxylation is 1. The van der Waals surface area contributed by atoms with Crippen LogP contribution in [0.5, 0.6) is 0 Å². The molecule has 0 N–H and O–H groups in total. The van der Waals surface area contributed by atoms with E-state index >= 15 is 0 Å². The standard InChI is InChI=1S/C41H27NS.C19H15N/c1-2-32-31(26-38-30-18-6-10-22-37(30)42(38)36-23-13-15-27-14-3-4-16-28(27)36)29-17-5-7-19-33(29)41(32)34-20-8-11-24-39(34)43-40-25-12-9-21-35(40)41;1-14-11-12-19-17(13-14)16-9-5-6-10-18(16)20(19)15-7-3-2-4-8-15/h2-26H,1H2;2-13H,1H3/b38-26-;. The van der Waals surface area contributed by atoms with Gasteiger partial charge in [0.2, 0.25) is 0 Å². The maximum absolute atomic E-state index is 4.48. The van der Waals surface area contributed by atoms with Crippen molar-refractivity contribution in [2.24, 2.45) is 0 Å². The highest BCUT2D eigenvalue weighted by atomic mass is 32.2. The SMILES string of the molecule is C=CC1=C(/C=C2/c3ccccc3N2c2cccc3ccccc23)c2ccccc2C12c1ccccc1Sc1ccccc12.Cc1ccc2c(c1)c1ccccc1n2-c1ccccc1. The molecule has 0 atom stereocenters. The van der Waals surface area contributed by atoms with Gasteiger partial charge in [0.05, 0.1) is 33.5 Å². The summed E-state index contributed by atoms with van der Waals surface area (Å²) in [5.74, 6) is 0. The second-order valence-corrected chi connectivity index (χ2v) is 17.6. The van der Waals surface area contributed by atoms with E-state index in [1.54, 1.807) is 0 Å². The van der Waals surface area contributed by atoms with Crippen LogP contribution in [0.4, 0.5) is 11.4 Å². The summed E-state index contributed by atoms with van der Waals surface area (Å²) in [7, 11) is 0. The quantitative estimate of drug-likeness (QED) is 0.175. The van der Waals surface area contributed by atoms with Crippen molar-refractivity contribution in [2.75, 3.05) is 4.90 Å². The van der Waals surface area contributed by atoms with E-state index in [0.717, 1.165) is 0 Å². The van der Waals surface area contributed by atoms with Gasteiger partial charge in [-0.2, -0.15) is 0 Å². The van der Waals surface area contributed by atoms with E-state index in [-0.39, 0.29) is 0 Å². The molecule has 0 saturated carbocycles. The van der Waals surface area contributed by atoms with E-state index < -0.39 is 5.41 Å². The summed E-state index contributed by atoms with van der Waals surface area (Å²) >= 11 is 1.87. The number of nitrogens with zero attached hydrogens (tertiary/aromatic N) is 2. The first-order valence-electron chi connectivity index (χ1n) is 21.6. The lowest BCUT2D eigenvalue weighted by atomic mass is 9.66. The zero-order chi connectivity index (χ0) is 42.1. The zero-order valence-corrected chi connectivity index (χ0v) is 35.7. The maximum Gasteiger partial charge on any atom is 0.0735 e. The largest absolute Gasteiger partial charge is 0.309 e. The second-order valence-electron chi connectivity index (χ2n) is 16.5. The normalized spacial score (nSPS) is 14.8. The highest BCUT2D eigenvalue weighted by Crippen LogP contribution is 2.62. The molecule has 0 radical (unpaired) electrons. The highest BCUT2D eigenvalue weighted by molar-refractivity contribution is 7.99. The van der Waals surface area contributed by atoms with Crippen LogP contribution in [0.3, 0.4) is 0 Å². The van der Waals surface area contributed by atoms with Gasteiger partial charge in [0.1, 0.15) is 0 Å². The van der Waals surface area contributed by atoms with Gasteiger partial charge in [-0.05, 0) is 106 Å². The minimum absolute atomic E-state index is 0.434. The molecule has 0 bridgehead atoms. The summed E-state index contributed by atoms with van der Waals surface area (Å²) in [4.78, 5) is 5.03. The lowest BCUT2D eigenvalue weighted by Crippen LogP contribution is -2.32. The minimum atomic E-state index is -0.434. The van der Waals surface area contributed by atoms with Crippen LogP contribution < -0.4 is 4.90 Å². The Kier molecular flexibility index (Phi) is 8.74. The number of aromatic nitrogens is 1. The van der Waals surface area contributed by atoms with Crippen LogP contribution in [0.1, 0.15) is 33.4 Å². The van der Waals surface area contributed by atoms with Gasteiger partial charge in [0.25, 0.3) is 0 Å². The van der Waals surface area contributed by atoms with Crippen molar-refractivity contribution in [1.29, 1.82) is 0 Å². The minimum Gasteiger partial charge on any atom is -0.309 e. The topological polar surface area (TPSA) is 8.17 Å². The Labute approximate surface area is 372 Å². The summed E-state index contributed by atoms with van der Waals surface area (Å²) in [5, 5.41) is 5.13. The summed E-state index contributed by atoms with van der Waals surface area (Å²) in [6, 6.07) is 76.7. The molecule has 3 heteroatoms. The summed E-state index contributed by atoms with van der Waals surface area (Å²) in [6.45, 7) is 6.62. The van der Waals surface area contributed by atoms with Crippen LogP contribution in [0, 0.1) is 6.92 Å². The van der Waals surface area contributed by atoms with E-state index in [9.17, 15) is 0 Å². The number of fused-ring (bicyclic) bond motifs is 11. The predicted molar refractivity (Wildman–Crippen MR) is 266 cm³/mol. The van der Waals surface area contributed by atoms with Crippen molar-refractivity contribution < 1.29 is 0 Å². The van der Waals surface area contributed by atoms with Crippen LogP contribution in [-0.4, -0.2) is 4.57 Å². The second kappa shape index (κ2) is 14.8. The van der Waals surface area contributed by atoms with Crippen LogP contribution in [-0.2, 0) is 5.41 Å². The highest BCUT2D eigenvalue weighted by Gasteiger charge is 2.50. The van der Waals surface area contributed by atoms with E-state index in [2.05, 4.69) is 247 Å². The molecule has 2 nitrogen and oxygen atoms in total. The Hall–Kier alpha value is -7.59. The van der Waals surface area contributed by atoms with Gasteiger partial charge in [0, 0.05) is 37.2 Å². The van der Waals surface area contributed by atoms with E-state index in [1.165, 1.54) is 110 Å². The van der Waals surface area contributed by atoms with Crippen molar-refractivity contribution >= 4 is 67.0 Å². The number of benzene rings is 9. The molecule has 2 aliphatic heterocycles. The molecule has 0 saturated heterocycles. The first-order valence-corrected chi connectivity index (χ1v) is 22.4. The molecule has 3 heterocycles. The fourth-order valence-electron chi connectivity index (χ4n) is 10.5. The van der Waals surface area contributed by atoms with Crippen LogP contribution >= 0.6 is 11.8 Å². The number of allylic oxidation sites excluding steroid dienone is 4. The van der Waals surface area contributed by atoms with Gasteiger partial charge in [0.15, 0.2) is 0 Å². The Morgan fingerprint density at radius 3 is 1.86 bits per heavy atom. The number of hydrogen-bond donors (Lipinski definition) is 0. The van der Waals surface area contributed by atoms with Gasteiger partial charge in [-0.3, -0.25) is 0 Å². The Morgan fingerprint density at radius 2 is 1.08 bits per heavy atom. The van der Waals surface area contributed by atoms with Crippen molar-refractivity contribution in [3.05, 3.63) is 270 Å². The molecule has 0 amide bonds. The first kappa shape index (κ1) is 37.2. The van der Waals surface area contributed by atoms with Crippen molar-refractivity contribution in [3.8, 4) is 5.69 Å². The zero-order valence-electron chi connectivity index (χ0n) is 34.9. The van der Waals surface area contributed by atoms with Crippen molar-refractivity contribution in [2.45, 2.75) is 22.1 Å². The van der Waals surface area contributed by atoms with Crippen LogP contribution in [0.2, 0.25) is 0 Å². The third-order valence-corrected chi connectivity index (χ3v) is 14.3. The molecule has 1 spiro atoms. The van der Waals surface area contributed by atoms with E-state index in [1.807, 2.05) is 11.8 Å². The number of rotatable bonds is 4. The molecular formula is C60H42N2S. The Bertz CT molecular complexity index is 3480. The monoisotopic (exact) mass is 822 g/mol. The molecule has 9 aromatic carbocycles. The average molecular weight is 823 g/mol. The molecule has 3 aliphatic rings. The smallest absolute Gasteiger partial charge is 0.0735 e. The summed E-state index contributed by atoms with van der Waals surface area (Å²) < 4.78 is 2.34. The van der Waals surface area contributed by atoms with Crippen LogP contribution in [0.15, 0.2) is 246 Å². The fraction of sp³-hybridized carbons (Fsp3) is 0.0333. The Balaban J connectivity index is 0.000000176. The molecule has 1 aromatic heterocycles. The van der Waals surface area contributed by atoms with Crippen molar-refractivity contribution in [1.82, 2.24) is 4.57 Å². The van der Waals surface area contributed by atoms with Gasteiger partial charge in [-0.15, -0.1) is 0 Å². The fourth-order valence-corrected chi connectivity index (χ4v) is 11.7. The molecule has 13 rings (SSSR count). The van der Waals surface area contributed by atoms with Gasteiger partial charge < -0.3 is 9.47 Å². The molecule has 298 valence electrons. The number of anilines is 2. The number of hydrogen-bond acceptors (Lipinski definition) is 2. The van der Waals surface area contributed by atoms with Gasteiger partial charge >= 0.3 is 0 Å². The summed E-state index contributed by atoms with van der Waals surface area (Å²) in [6.07, 6.45) is 4.53. The van der Waals surface area contributed by atoms with Gasteiger partial charge in [-0.1, -0.05) is 188 Å². The summed E-state index contributed by atoms with van der Waals surface area (Å²) in [5.41, 5.74) is 17.2. The van der Waals surface area contributed by atoms with Gasteiger partial charge in [-0.25, -0.2) is 0 Å². The molecule has 10 aromatic rings. The first-order chi connectivity index (χ1) is 31.1. The third kappa shape index (κ3) is 5.60. The predicted octanol–water partition coefficient (Wildman–Crippen LogP) is 15.9. The molecule has 63 heavy (non-hydrogen) atoms. The lowest BCUT2D eigenvalue weighted by molar-refractivity contribution is 0.717.